The van der Waals surface area contributed by atoms with E-state index in [2.05, 4.69) is 75.6 Å². The van der Waals surface area contributed by atoms with Gasteiger partial charge >= 0.3 is 0 Å². The average molecular weight is 375 g/mol. The van der Waals surface area contributed by atoms with Gasteiger partial charge in [-0.2, -0.15) is 5.10 Å². The van der Waals surface area contributed by atoms with Crippen molar-refractivity contribution in [1.82, 2.24) is 15.5 Å². The fourth-order valence-corrected chi connectivity index (χ4v) is 4.19. The fraction of sp³-hybridized carbons (Fsp3) is 0.182. The van der Waals surface area contributed by atoms with Gasteiger partial charge in [-0.3, -0.25) is 0 Å². The Bertz CT molecular complexity index is 1050. The Morgan fingerprint density at radius 2 is 1.89 bits per heavy atom. The molecular weight excluding hydrogens is 352 g/mol. The predicted molar refractivity (Wildman–Crippen MR) is 114 cm³/mol. The summed E-state index contributed by atoms with van der Waals surface area (Å²) < 4.78 is 0. The Balaban J connectivity index is 1.60. The van der Waals surface area contributed by atoms with Gasteiger partial charge < -0.3 is 10.6 Å². The molecule has 2 N–H and O–H groups in total. The summed E-state index contributed by atoms with van der Waals surface area (Å²) in [6.07, 6.45) is 1.80. The summed E-state index contributed by atoms with van der Waals surface area (Å²) in [4.78, 5) is 1.28. The van der Waals surface area contributed by atoms with Gasteiger partial charge in [0.05, 0.1) is 12.2 Å². The van der Waals surface area contributed by atoms with E-state index in [1.807, 2.05) is 19.2 Å². The van der Waals surface area contributed by atoms with Gasteiger partial charge in [0.25, 0.3) is 0 Å². The first kappa shape index (κ1) is 17.6. The third kappa shape index (κ3) is 3.70. The Morgan fingerprint density at radius 3 is 2.78 bits per heavy atom. The summed E-state index contributed by atoms with van der Waals surface area (Å²) in [6.45, 7) is 3.03. The monoisotopic (exact) mass is 374 g/mol. The summed E-state index contributed by atoms with van der Waals surface area (Å²) in [5.74, 6) is 0.825. The SMILES string of the molecule is CNCc1ccccc1-c1csc(C(C)Nc2nncc3ccccc23)c1. The maximum absolute atomic E-state index is 4.31. The molecule has 0 bridgehead atoms. The van der Waals surface area contributed by atoms with Crippen LogP contribution in [0.2, 0.25) is 0 Å². The lowest BCUT2D eigenvalue weighted by molar-refractivity contribution is 0.819. The Hall–Kier alpha value is -2.76. The Morgan fingerprint density at radius 1 is 1.07 bits per heavy atom. The van der Waals surface area contributed by atoms with Crippen molar-refractivity contribution in [2.75, 3.05) is 12.4 Å². The molecule has 4 aromatic rings. The van der Waals surface area contributed by atoms with Crippen molar-refractivity contribution in [3.05, 3.63) is 76.6 Å². The third-order valence-electron chi connectivity index (χ3n) is 4.67. The molecule has 0 saturated heterocycles. The van der Waals surface area contributed by atoms with Gasteiger partial charge in [0, 0.05) is 22.2 Å². The van der Waals surface area contributed by atoms with Gasteiger partial charge in [0.2, 0.25) is 0 Å². The van der Waals surface area contributed by atoms with Crippen LogP contribution in [0.25, 0.3) is 21.9 Å². The van der Waals surface area contributed by atoms with Crippen LogP contribution < -0.4 is 10.6 Å². The molecule has 0 fully saturated rings. The van der Waals surface area contributed by atoms with Gasteiger partial charge in [0.1, 0.15) is 0 Å². The lowest BCUT2D eigenvalue weighted by atomic mass is 10.0. The van der Waals surface area contributed by atoms with Crippen LogP contribution in [0.4, 0.5) is 5.82 Å². The first-order chi connectivity index (χ1) is 13.3. The van der Waals surface area contributed by atoms with Crippen molar-refractivity contribution in [1.29, 1.82) is 0 Å². The van der Waals surface area contributed by atoms with Crippen molar-refractivity contribution >= 4 is 27.9 Å². The highest BCUT2D eigenvalue weighted by atomic mass is 32.1. The Labute approximate surface area is 163 Å². The van der Waals surface area contributed by atoms with E-state index in [1.54, 1.807) is 17.5 Å². The zero-order valence-electron chi connectivity index (χ0n) is 15.4. The number of hydrogen-bond acceptors (Lipinski definition) is 5. The molecule has 2 heterocycles. The summed E-state index contributed by atoms with van der Waals surface area (Å²) in [6, 6.07) is 19.2. The first-order valence-corrected chi connectivity index (χ1v) is 9.92. The molecule has 1 atom stereocenters. The number of benzene rings is 2. The molecule has 2 aromatic heterocycles. The zero-order valence-corrected chi connectivity index (χ0v) is 16.3. The molecule has 0 radical (unpaired) electrons. The molecule has 0 spiro atoms. The lowest BCUT2D eigenvalue weighted by Gasteiger charge is -2.14. The van der Waals surface area contributed by atoms with E-state index in [0.717, 1.165) is 23.1 Å². The maximum Gasteiger partial charge on any atom is 0.157 e. The van der Waals surface area contributed by atoms with E-state index in [9.17, 15) is 0 Å². The largest absolute Gasteiger partial charge is 0.361 e. The summed E-state index contributed by atoms with van der Waals surface area (Å²) in [5, 5.41) is 19.6. The fourth-order valence-electron chi connectivity index (χ4n) is 3.28. The summed E-state index contributed by atoms with van der Waals surface area (Å²) >= 11 is 1.77. The van der Waals surface area contributed by atoms with Crippen LogP contribution in [0, 0.1) is 0 Å². The van der Waals surface area contributed by atoms with Crippen molar-refractivity contribution in [3.8, 4) is 11.1 Å². The van der Waals surface area contributed by atoms with Gasteiger partial charge in [-0.1, -0.05) is 48.5 Å². The van der Waals surface area contributed by atoms with Crippen molar-refractivity contribution < 1.29 is 0 Å². The first-order valence-electron chi connectivity index (χ1n) is 9.04. The molecule has 0 aliphatic rings. The molecule has 1 unspecified atom stereocenters. The van der Waals surface area contributed by atoms with Crippen LogP contribution in [0.15, 0.2) is 66.2 Å². The maximum atomic E-state index is 4.31. The molecular formula is C22H22N4S. The van der Waals surface area contributed by atoms with Crippen molar-refractivity contribution in [2.45, 2.75) is 19.5 Å². The van der Waals surface area contributed by atoms with E-state index in [0.29, 0.717) is 0 Å². The van der Waals surface area contributed by atoms with Gasteiger partial charge in [-0.05, 0) is 42.1 Å². The van der Waals surface area contributed by atoms with E-state index in [-0.39, 0.29) is 6.04 Å². The third-order valence-corrected chi connectivity index (χ3v) is 5.78. The van der Waals surface area contributed by atoms with Crippen LogP contribution in [-0.2, 0) is 6.54 Å². The molecule has 27 heavy (non-hydrogen) atoms. The summed E-state index contributed by atoms with van der Waals surface area (Å²) in [7, 11) is 1.98. The number of nitrogens with one attached hydrogen (secondary N) is 2. The second-order valence-electron chi connectivity index (χ2n) is 6.57. The Kier molecular flexibility index (Phi) is 5.14. The number of anilines is 1. The second kappa shape index (κ2) is 7.86. The molecule has 2 aromatic carbocycles. The van der Waals surface area contributed by atoms with E-state index in [4.69, 9.17) is 0 Å². The smallest absolute Gasteiger partial charge is 0.157 e. The zero-order chi connectivity index (χ0) is 18.6. The number of aromatic nitrogens is 2. The molecule has 4 nitrogen and oxygen atoms in total. The number of rotatable bonds is 6. The van der Waals surface area contributed by atoms with Crippen LogP contribution in [0.1, 0.15) is 23.4 Å². The van der Waals surface area contributed by atoms with E-state index in [1.165, 1.54) is 21.6 Å². The minimum atomic E-state index is 0.153. The van der Waals surface area contributed by atoms with Crippen molar-refractivity contribution in [2.24, 2.45) is 0 Å². The van der Waals surface area contributed by atoms with E-state index < -0.39 is 0 Å². The minimum absolute atomic E-state index is 0.153. The van der Waals surface area contributed by atoms with Gasteiger partial charge in [-0.15, -0.1) is 16.4 Å². The number of hydrogen-bond donors (Lipinski definition) is 2. The molecule has 4 rings (SSSR count). The normalized spacial score (nSPS) is 12.2. The van der Waals surface area contributed by atoms with Crippen molar-refractivity contribution in [3.63, 3.8) is 0 Å². The molecule has 0 amide bonds. The van der Waals surface area contributed by atoms with Gasteiger partial charge in [0.15, 0.2) is 5.82 Å². The number of nitrogens with zero attached hydrogens (tertiary/aromatic N) is 2. The molecule has 136 valence electrons. The quantitative estimate of drug-likeness (QED) is 0.484. The van der Waals surface area contributed by atoms with Crippen LogP contribution in [0.5, 0.6) is 0 Å². The molecule has 0 aliphatic heterocycles. The minimum Gasteiger partial charge on any atom is -0.361 e. The topological polar surface area (TPSA) is 49.8 Å². The highest BCUT2D eigenvalue weighted by Crippen LogP contribution is 2.33. The molecule has 5 heteroatoms. The standard InChI is InChI=1S/C22H22N4S/c1-15(25-22-20-10-6-4-8-17(20)13-24-26-22)21-11-18(14-27-21)19-9-5-3-7-16(19)12-23-2/h3-11,13-15,23H,12H2,1-2H3,(H,25,26). The second-order valence-corrected chi connectivity index (χ2v) is 7.51. The summed E-state index contributed by atoms with van der Waals surface area (Å²) in [5.41, 5.74) is 3.86. The average Bonchev–Trinajstić information content (AvgIpc) is 3.19. The lowest BCUT2D eigenvalue weighted by Crippen LogP contribution is -2.07. The van der Waals surface area contributed by atoms with Crippen LogP contribution in [0.3, 0.4) is 0 Å². The molecule has 0 aliphatic carbocycles. The molecule has 0 saturated carbocycles. The van der Waals surface area contributed by atoms with E-state index >= 15 is 0 Å². The van der Waals surface area contributed by atoms with Crippen LogP contribution >= 0.6 is 11.3 Å². The number of thiophene rings is 1. The highest BCUT2D eigenvalue weighted by molar-refractivity contribution is 7.10. The highest BCUT2D eigenvalue weighted by Gasteiger charge is 2.13. The van der Waals surface area contributed by atoms with Crippen LogP contribution in [-0.4, -0.2) is 17.2 Å². The number of fused-ring (bicyclic) bond motifs is 1. The predicted octanol–water partition coefficient (Wildman–Crippen LogP) is 5.25. The van der Waals surface area contributed by atoms with Gasteiger partial charge in [-0.25, -0.2) is 0 Å².